The average molecular weight is 175 g/mol. The van der Waals surface area contributed by atoms with Gasteiger partial charge in [-0.2, -0.15) is 5.10 Å². The second-order valence-corrected chi connectivity index (χ2v) is 4.22. The lowest BCUT2D eigenvalue weighted by molar-refractivity contribution is 0.595. The summed E-state index contributed by atoms with van der Waals surface area (Å²) in [7, 11) is 0. The molecular formula is C10H13N3. The van der Waals surface area contributed by atoms with E-state index >= 15 is 0 Å². The minimum absolute atomic E-state index is 0.142. The quantitative estimate of drug-likeness (QED) is 0.613. The highest BCUT2D eigenvalue weighted by molar-refractivity contribution is 5.55. The molecule has 0 atom stereocenters. The van der Waals surface area contributed by atoms with Crippen molar-refractivity contribution < 1.29 is 0 Å². The van der Waals surface area contributed by atoms with Gasteiger partial charge in [-0.25, -0.2) is 9.50 Å². The van der Waals surface area contributed by atoms with E-state index in [1.807, 2.05) is 12.3 Å². The predicted octanol–water partition coefficient (Wildman–Crippen LogP) is 2.03. The van der Waals surface area contributed by atoms with E-state index in [1.165, 1.54) is 5.56 Å². The molecule has 0 saturated heterocycles. The zero-order valence-corrected chi connectivity index (χ0v) is 8.15. The Labute approximate surface area is 77.4 Å². The average Bonchev–Trinajstić information content (AvgIpc) is 2.45. The summed E-state index contributed by atoms with van der Waals surface area (Å²) in [6.45, 7) is 6.55. The molecule has 3 nitrogen and oxygen atoms in total. The second-order valence-electron chi connectivity index (χ2n) is 4.22. The van der Waals surface area contributed by atoms with Crippen molar-refractivity contribution >= 4 is 5.52 Å². The maximum absolute atomic E-state index is 4.24. The van der Waals surface area contributed by atoms with Gasteiger partial charge in [-0.15, -0.1) is 0 Å². The Hall–Kier alpha value is -1.38. The van der Waals surface area contributed by atoms with Crippen molar-refractivity contribution in [3.63, 3.8) is 0 Å². The van der Waals surface area contributed by atoms with Crippen LogP contribution in [0, 0.1) is 0 Å². The van der Waals surface area contributed by atoms with Crippen molar-refractivity contribution in [1.82, 2.24) is 14.6 Å². The van der Waals surface area contributed by atoms with Crippen LogP contribution < -0.4 is 0 Å². The molecule has 2 rings (SSSR count). The first-order chi connectivity index (χ1) is 6.09. The van der Waals surface area contributed by atoms with Gasteiger partial charge in [0.25, 0.3) is 0 Å². The van der Waals surface area contributed by atoms with Gasteiger partial charge in [-0.1, -0.05) is 20.8 Å². The van der Waals surface area contributed by atoms with Crippen molar-refractivity contribution in [2.24, 2.45) is 0 Å². The Balaban J connectivity index is 2.72. The molecule has 0 unspecified atom stereocenters. The summed E-state index contributed by atoms with van der Waals surface area (Å²) in [6, 6.07) is 1.99. The van der Waals surface area contributed by atoms with Gasteiger partial charge >= 0.3 is 0 Å². The van der Waals surface area contributed by atoms with Crippen molar-refractivity contribution in [2.45, 2.75) is 26.2 Å². The zero-order valence-electron chi connectivity index (χ0n) is 8.15. The largest absolute Gasteiger partial charge is 0.245 e. The molecule has 0 fully saturated rings. The molecular weight excluding hydrogens is 162 g/mol. The number of rotatable bonds is 0. The van der Waals surface area contributed by atoms with Gasteiger partial charge in [0, 0.05) is 11.8 Å². The van der Waals surface area contributed by atoms with E-state index in [2.05, 4.69) is 30.9 Å². The smallest absolute Gasteiger partial charge is 0.117 e. The van der Waals surface area contributed by atoms with Crippen LogP contribution in [0.1, 0.15) is 26.3 Å². The normalized spacial score (nSPS) is 12.2. The number of aromatic nitrogens is 3. The monoisotopic (exact) mass is 175 g/mol. The molecule has 3 heteroatoms. The lowest BCUT2D eigenvalue weighted by Crippen LogP contribution is -2.10. The Morgan fingerprint density at radius 3 is 2.77 bits per heavy atom. The SMILES string of the molecule is CC(C)(C)c1cnn2cnccc12. The van der Waals surface area contributed by atoms with Crippen LogP contribution >= 0.6 is 0 Å². The van der Waals surface area contributed by atoms with E-state index < -0.39 is 0 Å². The Morgan fingerprint density at radius 2 is 2.08 bits per heavy atom. The van der Waals surface area contributed by atoms with Gasteiger partial charge in [0.1, 0.15) is 6.33 Å². The third-order valence-corrected chi connectivity index (χ3v) is 2.14. The summed E-state index contributed by atoms with van der Waals surface area (Å²) < 4.78 is 1.81. The fraction of sp³-hybridized carbons (Fsp3) is 0.400. The molecule has 0 aliphatic rings. The van der Waals surface area contributed by atoms with Crippen LogP contribution in [0.3, 0.4) is 0 Å². The summed E-state index contributed by atoms with van der Waals surface area (Å²) in [5.74, 6) is 0. The fourth-order valence-electron chi connectivity index (χ4n) is 1.42. The van der Waals surface area contributed by atoms with Crippen molar-refractivity contribution in [3.05, 3.63) is 30.4 Å². The Bertz CT molecular complexity index is 423. The molecule has 2 heterocycles. The molecule has 68 valence electrons. The third kappa shape index (κ3) is 1.30. The summed E-state index contributed by atoms with van der Waals surface area (Å²) in [5.41, 5.74) is 2.54. The van der Waals surface area contributed by atoms with E-state index in [-0.39, 0.29) is 5.41 Å². The minimum Gasteiger partial charge on any atom is -0.245 e. The molecule has 0 saturated carbocycles. The molecule has 0 aliphatic heterocycles. The molecule has 2 aromatic heterocycles. The molecule has 0 aliphatic carbocycles. The molecule has 2 aromatic rings. The molecule has 0 amide bonds. The summed E-state index contributed by atoms with van der Waals surface area (Å²) in [5, 5.41) is 4.24. The first kappa shape index (κ1) is 8.23. The van der Waals surface area contributed by atoms with E-state index in [4.69, 9.17) is 0 Å². The van der Waals surface area contributed by atoms with Crippen LogP contribution in [0.5, 0.6) is 0 Å². The lowest BCUT2D eigenvalue weighted by Gasteiger charge is -2.16. The predicted molar refractivity (Wildman–Crippen MR) is 51.7 cm³/mol. The third-order valence-electron chi connectivity index (χ3n) is 2.14. The molecule has 0 bridgehead atoms. The van der Waals surface area contributed by atoms with Crippen LogP contribution in [0.15, 0.2) is 24.8 Å². The minimum atomic E-state index is 0.142. The molecule has 0 radical (unpaired) electrons. The fourth-order valence-corrected chi connectivity index (χ4v) is 1.42. The van der Waals surface area contributed by atoms with Crippen LogP contribution in [0.2, 0.25) is 0 Å². The highest BCUT2D eigenvalue weighted by Crippen LogP contribution is 2.25. The lowest BCUT2D eigenvalue weighted by atomic mass is 9.88. The maximum atomic E-state index is 4.24. The van der Waals surface area contributed by atoms with Crippen LogP contribution in [0.4, 0.5) is 0 Å². The molecule has 13 heavy (non-hydrogen) atoms. The van der Waals surface area contributed by atoms with Crippen LogP contribution in [-0.2, 0) is 5.41 Å². The van der Waals surface area contributed by atoms with Crippen molar-refractivity contribution in [3.8, 4) is 0 Å². The number of fused-ring (bicyclic) bond motifs is 1. The van der Waals surface area contributed by atoms with Gasteiger partial charge in [-0.3, -0.25) is 0 Å². The van der Waals surface area contributed by atoms with Crippen molar-refractivity contribution in [1.29, 1.82) is 0 Å². The summed E-state index contributed by atoms with van der Waals surface area (Å²) in [6.07, 6.45) is 5.44. The maximum Gasteiger partial charge on any atom is 0.117 e. The molecule has 0 spiro atoms. The number of hydrogen-bond acceptors (Lipinski definition) is 2. The standard InChI is InChI=1S/C10H13N3/c1-10(2,3)8-6-12-13-7-11-5-4-9(8)13/h4-7H,1-3H3. The number of hydrogen-bond donors (Lipinski definition) is 0. The first-order valence-electron chi connectivity index (χ1n) is 4.37. The van der Waals surface area contributed by atoms with Gasteiger partial charge in [-0.05, 0) is 11.5 Å². The summed E-state index contributed by atoms with van der Waals surface area (Å²) in [4.78, 5) is 4.01. The summed E-state index contributed by atoms with van der Waals surface area (Å²) >= 11 is 0. The van der Waals surface area contributed by atoms with E-state index in [0.717, 1.165) is 5.52 Å². The van der Waals surface area contributed by atoms with Gasteiger partial charge in [0.2, 0.25) is 0 Å². The van der Waals surface area contributed by atoms with Crippen LogP contribution in [0.25, 0.3) is 5.52 Å². The zero-order chi connectivity index (χ0) is 9.47. The molecule has 0 N–H and O–H groups in total. The first-order valence-corrected chi connectivity index (χ1v) is 4.37. The number of nitrogens with zero attached hydrogens (tertiary/aromatic N) is 3. The highest BCUT2D eigenvalue weighted by atomic mass is 15.2. The topological polar surface area (TPSA) is 30.2 Å². The second kappa shape index (κ2) is 2.55. The van der Waals surface area contributed by atoms with Gasteiger partial charge in [0.15, 0.2) is 0 Å². The molecule has 0 aromatic carbocycles. The van der Waals surface area contributed by atoms with Gasteiger partial charge < -0.3 is 0 Å². The van der Waals surface area contributed by atoms with Crippen LogP contribution in [-0.4, -0.2) is 14.6 Å². The van der Waals surface area contributed by atoms with E-state index in [1.54, 1.807) is 17.0 Å². The van der Waals surface area contributed by atoms with Gasteiger partial charge in [0.05, 0.1) is 11.7 Å². The van der Waals surface area contributed by atoms with Crippen molar-refractivity contribution in [2.75, 3.05) is 0 Å². The van der Waals surface area contributed by atoms with E-state index in [9.17, 15) is 0 Å². The highest BCUT2D eigenvalue weighted by Gasteiger charge is 2.18. The Morgan fingerprint density at radius 1 is 1.31 bits per heavy atom. The van der Waals surface area contributed by atoms with E-state index in [0.29, 0.717) is 0 Å². The Kier molecular flexibility index (Phi) is 1.62.